The minimum atomic E-state index is -1.08. The maximum absolute atomic E-state index is 13.7. The number of aliphatic hydroxyl groups excluding tert-OH is 2. The minimum Gasteiger partial charge on any atom is -0.494 e. The number of methoxy groups -OCH3 is 1. The lowest BCUT2D eigenvalue weighted by atomic mass is 10.0. The third-order valence-corrected chi connectivity index (χ3v) is 3.81. The number of nitrogens with one attached hydrogen (secondary N) is 1. The van der Waals surface area contributed by atoms with E-state index in [1.807, 2.05) is 0 Å². The van der Waals surface area contributed by atoms with Gasteiger partial charge in [-0.25, -0.2) is 4.39 Å². The topological polar surface area (TPSA) is 105 Å². The van der Waals surface area contributed by atoms with Gasteiger partial charge in [-0.05, 0) is 35.4 Å². The standard InChI is InChI=1S/C17H19FN2O5/c1-25-16-7-2-11(8-14(16)18)9-19-15(10-21)17(22)12-3-5-13(6-4-12)20(23)24/h2-8,15,17,19,21-22H,9-10H2,1H3/t15-,17-/m1/s1. The Balaban J connectivity index is 2.03. The lowest BCUT2D eigenvalue weighted by Crippen LogP contribution is -2.37. The molecule has 25 heavy (non-hydrogen) atoms. The molecule has 0 radical (unpaired) electrons. The highest BCUT2D eigenvalue weighted by Gasteiger charge is 2.20. The number of halogens is 1. The van der Waals surface area contributed by atoms with Crippen LogP contribution in [0.2, 0.25) is 0 Å². The van der Waals surface area contributed by atoms with Gasteiger partial charge in [0.1, 0.15) is 0 Å². The first-order valence-corrected chi connectivity index (χ1v) is 7.55. The van der Waals surface area contributed by atoms with Crippen molar-refractivity contribution in [3.05, 3.63) is 69.5 Å². The van der Waals surface area contributed by atoms with Crippen molar-refractivity contribution in [1.82, 2.24) is 5.32 Å². The largest absolute Gasteiger partial charge is 0.494 e. The van der Waals surface area contributed by atoms with Crippen molar-refractivity contribution in [2.75, 3.05) is 13.7 Å². The first-order chi connectivity index (χ1) is 12.0. The van der Waals surface area contributed by atoms with Crippen LogP contribution in [-0.4, -0.2) is 34.9 Å². The summed E-state index contributed by atoms with van der Waals surface area (Å²) in [4.78, 5) is 10.1. The highest BCUT2D eigenvalue weighted by atomic mass is 19.1. The molecule has 3 N–H and O–H groups in total. The summed E-state index contributed by atoms with van der Waals surface area (Å²) in [7, 11) is 1.37. The van der Waals surface area contributed by atoms with Crippen molar-refractivity contribution in [3.63, 3.8) is 0 Å². The minimum absolute atomic E-state index is 0.0850. The van der Waals surface area contributed by atoms with Crippen LogP contribution < -0.4 is 10.1 Å². The molecule has 0 aliphatic heterocycles. The number of ether oxygens (including phenoxy) is 1. The average Bonchev–Trinajstić information content (AvgIpc) is 2.62. The van der Waals surface area contributed by atoms with E-state index in [4.69, 9.17) is 4.74 Å². The average molecular weight is 350 g/mol. The SMILES string of the molecule is COc1ccc(CN[C@H](CO)[C@H](O)c2ccc([N+](=O)[O-])cc2)cc1F. The van der Waals surface area contributed by atoms with Gasteiger partial charge in [0, 0.05) is 18.7 Å². The highest BCUT2D eigenvalue weighted by molar-refractivity contribution is 5.34. The Kier molecular flexibility index (Phi) is 6.40. The third kappa shape index (κ3) is 4.72. The van der Waals surface area contributed by atoms with Gasteiger partial charge in [0.05, 0.1) is 30.8 Å². The van der Waals surface area contributed by atoms with Gasteiger partial charge < -0.3 is 20.3 Å². The number of non-ortho nitro benzene ring substituents is 1. The summed E-state index contributed by atoms with van der Waals surface area (Å²) in [5, 5.41) is 33.4. The molecule has 0 aliphatic rings. The predicted octanol–water partition coefficient (Wildman–Crippen LogP) is 1.93. The van der Waals surface area contributed by atoms with Crippen LogP contribution in [0.5, 0.6) is 5.75 Å². The van der Waals surface area contributed by atoms with Crippen molar-refractivity contribution in [2.24, 2.45) is 0 Å². The number of aliphatic hydroxyl groups is 2. The fraction of sp³-hybridized carbons (Fsp3) is 0.294. The van der Waals surface area contributed by atoms with E-state index in [1.165, 1.54) is 43.5 Å². The Hall–Kier alpha value is -2.55. The van der Waals surface area contributed by atoms with E-state index in [0.717, 1.165) is 0 Å². The summed E-state index contributed by atoms with van der Waals surface area (Å²) in [5.41, 5.74) is 0.962. The van der Waals surface area contributed by atoms with E-state index in [2.05, 4.69) is 5.32 Å². The van der Waals surface area contributed by atoms with Crippen molar-refractivity contribution in [2.45, 2.75) is 18.7 Å². The molecule has 0 heterocycles. The Bertz CT molecular complexity index is 723. The summed E-state index contributed by atoms with van der Waals surface area (Å²) in [6.45, 7) is -0.146. The zero-order valence-electron chi connectivity index (χ0n) is 13.6. The molecule has 2 atom stereocenters. The summed E-state index contributed by atoms with van der Waals surface area (Å²) in [5.74, 6) is -0.369. The molecule has 134 valence electrons. The van der Waals surface area contributed by atoms with E-state index < -0.39 is 22.9 Å². The van der Waals surface area contributed by atoms with Gasteiger partial charge in [-0.15, -0.1) is 0 Å². The molecule has 7 nitrogen and oxygen atoms in total. The van der Waals surface area contributed by atoms with Crippen molar-refractivity contribution in [1.29, 1.82) is 0 Å². The van der Waals surface area contributed by atoms with Crippen LogP contribution in [0.15, 0.2) is 42.5 Å². The molecule has 2 rings (SSSR count). The Morgan fingerprint density at radius 3 is 2.48 bits per heavy atom. The fourth-order valence-electron chi connectivity index (χ4n) is 2.37. The fourth-order valence-corrected chi connectivity index (χ4v) is 2.37. The zero-order valence-corrected chi connectivity index (χ0v) is 13.6. The molecule has 0 bridgehead atoms. The van der Waals surface area contributed by atoms with Crippen molar-refractivity contribution in [3.8, 4) is 5.75 Å². The van der Waals surface area contributed by atoms with Crippen LogP contribution in [0.1, 0.15) is 17.2 Å². The van der Waals surface area contributed by atoms with Crippen LogP contribution in [0, 0.1) is 15.9 Å². The Morgan fingerprint density at radius 1 is 1.28 bits per heavy atom. The molecule has 0 saturated heterocycles. The van der Waals surface area contributed by atoms with Gasteiger partial charge >= 0.3 is 0 Å². The van der Waals surface area contributed by atoms with E-state index in [0.29, 0.717) is 11.1 Å². The van der Waals surface area contributed by atoms with E-state index in [9.17, 15) is 24.7 Å². The first-order valence-electron chi connectivity index (χ1n) is 7.55. The molecule has 2 aromatic carbocycles. The zero-order chi connectivity index (χ0) is 18.4. The number of benzene rings is 2. The highest BCUT2D eigenvalue weighted by Crippen LogP contribution is 2.21. The number of nitro benzene ring substituents is 1. The van der Waals surface area contributed by atoms with Crippen LogP contribution >= 0.6 is 0 Å². The molecule has 8 heteroatoms. The van der Waals surface area contributed by atoms with Crippen LogP contribution in [0.4, 0.5) is 10.1 Å². The molecule has 0 unspecified atom stereocenters. The molecule has 2 aromatic rings. The van der Waals surface area contributed by atoms with Gasteiger partial charge in [0.25, 0.3) is 5.69 Å². The second-order valence-corrected chi connectivity index (χ2v) is 5.43. The van der Waals surface area contributed by atoms with Crippen molar-refractivity contribution >= 4 is 5.69 Å². The van der Waals surface area contributed by atoms with Crippen LogP contribution in [-0.2, 0) is 6.54 Å². The summed E-state index contributed by atoms with van der Waals surface area (Å²) in [6, 6.07) is 9.18. The molecular formula is C17H19FN2O5. The van der Waals surface area contributed by atoms with E-state index in [1.54, 1.807) is 6.07 Å². The summed E-state index contributed by atoms with van der Waals surface area (Å²) in [6.07, 6.45) is -1.08. The van der Waals surface area contributed by atoms with Crippen LogP contribution in [0.25, 0.3) is 0 Å². The molecule has 0 aromatic heterocycles. The quantitative estimate of drug-likeness (QED) is 0.496. The van der Waals surface area contributed by atoms with E-state index in [-0.39, 0.29) is 24.6 Å². The molecule has 0 saturated carbocycles. The molecule has 0 fully saturated rings. The lowest BCUT2D eigenvalue weighted by molar-refractivity contribution is -0.384. The Morgan fingerprint density at radius 2 is 1.96 bits per heavy atom. The normalized spacial score (nSPS) is 13.3. The first kappa shape index (κ1) is 18.8. The molecule has 0 spiro atoms. The number of nitrogens with zero attached hydrogens (tertiary/aromatic N) is 1. The lowest BCUT2D eigenvalue weighted by Gasteiger charge is -2.22. The maximum atomic E-state index is 13.7. The molecular weight excluding hydrogens is 331 g/mol. The van der Waals surface area contributed by atoms with E-state index >= 15 is 0 Å². The number of hydrogen-bond donors (Lipinski definition) is 3. The van der Waals surface area contributed by atoms with Gasteiger partial charge in [-0.2, -0.15) is 0 Å². The van der Waals surface area contributed by atoms with Gasteiger partial charge in [-0.3, -0.25) is 10.1 Å². The predicted molar refractivity (Wildman–Crippen MR) is 88.7 cm³/mol. The van der Waals surface area contributed by atoms with Crippen LogP contribution in [0.3, 0.4) is 0 Å². The Labute approximate surface area is 143 Å². The summed E-state index contributed by atoms with van der Waals surface area (Å²) >= 11 is 0. The van der Waals surface area contributed by atoms with Gasteiger partial charge in [-0.1, -0.05) is 6.07 Å². The van der Waals surface area contributed by atoms with Crippen molar-refractivity contribution < 1.29 is 24.3 Å². The second-order valence-electron chi connectivity index (χ2n) is 5.43. The molecule has 0 aliphatic carbocycles. The van der Waals surface area contributed by atoms with Gasteiger partial charge in [0.2, 0.25) is 0 Å². The second kappa shape index (κ2) is 8.52. The van der Waals surface area contributed by atoms with Gasteiger partial charge in [0.15, 0.2) is 11.6 Å². The number of rotatable bonds is 8. The summed E-state index contributed by atoms with van der Waals surface area (Å²) < 4.78 is 18.5. The number of hydrogen-bond acceptors (Lipinski definition) is 6. The third-order valence-electron chi connectivity index (χ3n) is 3.81. The maximum Gasteiger partial charge on any atom is 0.269 e. The monoisotopic (exact) mass is 350 g/mol. The smallest absolute Gasteiger partial charge is 0.269 e. The number of nitro groups is 1. The molecule has 0 amide bonds.